The maximum absolute atomic E-state index is 16.7. The number of thiazole rings is 1. The van der Waals surface area contributed by atoms with Crippen molar-refractivity contribution < 1.29 is 18.3 Å². The Morgan fingerprint density at radius 2 is 2.00 bits per heavy atom. The van der Waals surface area contributed by atoms with E-state index < -0.39 is 23.6 Å². The molecular formula is C35H31ClF2N8O2S. The van der Waals surface area contributed by atoms with E-state index in [1.54, 1.807) is 17.5 Å². The lowest BCUT2D eigenvalue weighted by Crippen LogP contribution is -2.55. The number of nitriles is 1. The number of carbonyl (C=O) groups excluding carboxylic acids is 1. The Labute approximate surface area is 290 Å². The summed E-state index contributed by atoms with van der Waals surface area (Å²) in [7, 11) is 2.03. The topological polar surface area (TPSA) is 111 Å². The number of likely N-dealkylation sites (N-methyl/N-ethyl adjacent to an activating group) is 1. The van der Waals surface area contributed by atoms with Crippen molar-refractivity contribution >= 4 is 62.4 Å². The molecule has 14 heteroatoms. The first-order chi connectivity index (χ1) is 23.8. The zero-order valence-corrected chi connectivity index (χ0v) is 28.1. The highest BCUT2D eigenvalue weighted by Crippen LogP contribution is 2.38. The molecule has 0 aliphatic carbocycles. The Kier molecular flexibility index (Phi) is 9.35. The molecule has 2 atom stereocenters. The van der Waals surface area contributed by atoms with Crippen molar-refractivity contribution in [2.75, 3.05) is 44.7 Å². The molecule has 0 saturated carbocycles. The maximum Gasteiger partial charge on any atom is 0.319 e. The molecule has 0 spiro atoms. The van der Waals surface area contributed by atoms with Crippen molar-refractivity contribution in [1.29, 1.82) is 5.26 Å². The second-order valence-corrected chi connectivity index (χ2v) is 13.4. The number of nitrogens with zero attached hydrogens (tertiary/aromatic N) is 8. The van der Waals surface area contributed by atoms with E-state index >= 15 is 8.78 Å². The van der Waals surface area contributed by atoms with Gasteiger partial charge in [-0.3, -0.25) is 9.78 Å². The van der Waals surface area contributed by atoms with Crippen molar-refractivity contribution in [3.05, 3.63) is 75.8 Å². The third kappa shape index (κ3) is 6.51. The molecule has 250 valence electrons. The smallest absolute Gasteiger partial charge is 0.319 e. The van der Waals surface area contributed by atoms with Gasteiger partial charge < -0.3 is 19.4 Å². The number of carbonyl (C=O) groups is 1. The number of piperazine rings is 1. The van der Waals surface area contributed by atoms with Gasteiger partial charge >= 0.3 is 6.01 Å². The summed E-state index contributed by atoms with van der Waals surface area (Å²) in [6.45, 7) is 1.75. The number of amides is 1. The summed E-state index contributed by atoms with van der Waals surface area (Å²) < 4.78 is 37.9. The summed E-state index contributed by atoms with van der Waals surface area (Å²) in [5.74, 6) is -2.09. The number of ether oxygens (including phenoxy) is 1. The molecule has 2 aliphatic rings. The molecule has 0 N–H and O–H groups in total. The lowest BCUT2D eigenvalue weighted by atomic mass is 10.0. The van der Waals surface area contributed by atoms with E-state index in [1.165, 1.54) is 28.6 Å². The minimum Gasteiger partial charge on any atom is -0.462 e. The van der Waals surface area contributed by atoms with Crippen LogP contribution in [0.15, 0.2) is 60.0 Å². The maximum atomic E-state index is 16.7. The predicted octanol–water partition coefficient (Wildman–Crippen LogP) is 6.51. The summed E-state index contributed by atoms with van der Waals surface area (Å²) >= 11 is 7.80. The second-order valence-electron chi connectivity index (χ2n) is 12.1. The van der Waals surface area contributed by atoms with Crippen LogP contribution < -0.4 is 9.64 Å². The molecular weight excluding hydrogens is 670 g/mol. The van der Waals surface area contributed by atoms with Crippen LogP contribution in [-0.2, 0) is 4.79 Å². The SMILES string of the molecule is CN1CCC[C@H]1COc1nc(N2CCN(C(=O)/C(F)=C/c3nccs3)[C@@H](CC#N)C2)c2cnc(-c3cccc4cccc(Cl)c34)c(F)c2n1. The molecule has 10 nitrogen and oxygen atoms in total. The molecule has 2 aliphatic heterocycles. The van der Waals surface area contributed by atoms with Gasteiger partial charge in [0.15, 0.2) is 11.6 Å². The minimum absolute atomic E-state index is 0.00238. The first kappa shape index (κ1) is 32.8. The summed E-state index contributed by atoms with van der Waals surface area (Å²) in [4.78, 5) is 36.5. The van der Waals surface area contributed by atoms with E-state index in [2.05, 4.69) is 25.9 Å². The van der Waals surface area contributed by atoms with Crippen molar-refractivity contribution in [2.24, 2.45) is 0 Å². The van der Waals surface area contributed by atoms with Gasteiger partial charge in [-0.1, -0.05) is 41.9 Å². The Hall–Kier alpha value is -4.77. The lowest BCUT2D eigenvalue weighted by molar-refractivity contribution is -0.131. The zero-order chi connectivity index (χ0) is 34.1. The summed E-state index contributed by atoms with van der Waals surface area (Å²) in [5.41, 5.74) is 0.617. The number of anilines is 1. The van der Waals surface area contributed by atoms with Crippen molar-refractivity contribution in [3.63, 3.8) is 0 Å². The first-order valence-electron chi connectivity index (χ1n) is 15.9. The van der Waals surface area contributed by atoms with Crippen LogP contribution in [0.25, 0.3) is 39.0 Å². The fourth-order valence-corrected chi connectivity index (χ4v) is 7.41. The van der Waals surface area contributed by atoms with Crippen LogP contribution in [0, 0.1) is 17.1 Å². The largest absolute Gasteiger partial charge is 0.462 e. The average molecular weight is 701 g/mol. The molecule has 2 saturated heterocycles. The highest BCUT2D eigenvalue weighted by Gasteiger charge is 2.34. The molecule has 2 fully saturated rings. The number of hydrogen-bond donors (Lipinski definition) is 0. The van der Waals surface area contributed by atoms with Gasteiger partial charge in [-0.05, 0) is 37.9 Å². The molecule has 1 amide bonds. The van der Waals surface area contributed by atoms with E-state index in [0.29, 0.717) is 38.8 Å². The fourth-order valence-electron chi connectivity index (χ4n) is 6.58. The van der Waals surface area contributed by atoms with Gasteiger partial charge in [-0.25, -0.2) is 13.8 Å². The Morgan fingerprint density at radius 1 is 1.16 bits per heavy atom. The molecule has 0 unspecified atom stereocenters. The van der Waals surface area contributed by atoms with Gasteiger partial charge in [0.2, 0.25) is 0 Å². The fraction of sp³-hybridized carbons (Fsp3) is 0.314. The van der Waals surface area contributed by atoms with Gasteiger partial charge in [-0.2, -0.15) is 15.2 Å². The van der Waals surface area contributed by atoms with Crippen LogP contribution in [0.5, 0.6) is 6.01 Å². The number of benzene rings is 2. The van der Waals surface area contributed by atoms with Gasteiger partial charge in [-0.15, -0.1) is 11.3 Å². The van der Waals surface area contributed by atoms with Crippen molar-refractivity contribution in [1.82, 2.24) is 29.7 Å². The predicted molar refractivity (Wildman–Crippen MR) is 186 cm³/mol. The molecule has 0 radical (unpaired) electrons. The van der Waals surface area contributed by atoms with Crippen LogP contribution in [0.3, 0.4) is 0 Å². The van der Waals surface area contributed by atoms with Crippen LogP contribution in [-0.4, -0.2) is 87.6 Å². The number of aromatic nitrogens is 4. The highest BCUT2D eigenvalue weighted by molar-refractivity contribution is 7.10. The molecule has 0 bridgehead atoms. The minimum atomic E-state index is -0.960. The third-order valence-electron chi connectivity index (χ3n) is 9.10. The number of hydrogen-bond acceptors (Lipinski definition) is 10. The zero-order valence-electron chi connectivity index (χ0n) is 26.5. The van der Waals surface area contributed by atoms with Crippen molar-refractivity contribution in [2.45, 2.75) is 31.3 Å². The molecule has 7 rings (SSSR count). The van der Waals surface area contributed by atoms with Gasteiger partial charge in [0.25, 0.3) is 5.91 Å². The Balaban J connectivity index is 1.27. The van der Waals surface area contributed by atoms with Gasteiger partial charge in [0.1, 0.15) is 28.6 Å². The summed E-state index contributed by atoms with van der Waals surface area (Å²) in [6.07, 6.45) is 6.11. The van der Waals surface area contributed by atoms with E-state index in [1.807, 2.05) is 36.2 Å². The highest BCUT2D eigenvalue weighted by atomic mass is 35.5. The van der Waals surface area contributed by atoms with Gasteiger partial charge in [0, 0.05) is 65.5 Å². The van der Waals surface area contributed by atoms with Crippen molar-refractivity contribution in [3.8, 4) is 23.3 Å². The standard InChI is InChI=1S/C35H31ClF2N8O2S/c1-44-13-4-7-23(44)20-48-35-42-32-25(18-41-31(30(32)38)24-8-2-5-21-6-3-9-26(36)29(21)24)33(43-35)45-14-15-46(22(19-45)10-11-39)34(47)27(37)17-28-40-12-16-49-28/h2-3,5-6,8-9,12,16-18,22-23H,4,7,10,13-15,19-20H2,1H3/b27-17-/t22-,23-/m0/s1. The Morgan fingerprint density at radius 3 is 2.76 bits per heavy atom. The number of pyridine rings is 1. The lowest BCUT2D eigenvalue weighted by Gasteiger charge is -2.41. The van der Waals surface area contributed by atoms with E-state index in [0.717, 1.165) is 30.8 Å². The molecule has 5 heterocycles. The average Bonchev–Trinajstić information content (AvgIpc) is 3.78. The number of halogens is 3. The third-order valence-corrected chi connectivity index (χ3v) is 10.1. The van der Waals surface area contributed by atoms with E-state index in [4.69, 9.17) is 21.3 Å². The van der Waals surface area contributed by atoms with E-state index in [-0.39, 0.29) is 49.3 Å². The number of fused-ring (bicyclic) bond motifs is 2. The summed E-state index contributed by atoms with van der Waals surface area (Å²) in [5, 5.41) is 14.0. The Bertz CT molecular complexity index is 2100. The van der Waals surface area contributed by atoms with E-state index in [9.17, 15) is 10.1 Å². The normalized spacial score (nSPS) is 18.7. The summed E-state index contributed by atoms with van der Waals surface area (Å²) in [6, 6.07) is 12.6. The molecule has 49 heavy (non-hydrogen) atoms. The molecule has 5 aromatic rings. The first-order valence-corrected chi connectivity index (χ1v) is 17.1. The van der Waals surface area contributed by atoms with Crippen LogP contribution in [0.4, 0.5) is 14.6 Å². The van der Waals surface area contributed by atoms with Crippen LogP contribution in [0.2, 0.25) is 5.02 Å². The monoisotopic (exact) mass is 700 g/mol. The number of likely N-dealkylation sites (tertiary alicyclic amines) is 1. The van der Waals surface area contributed by atoms with Crippen LogP contribution in [0.1, 0.15) is 24.3 Å². The number of rotatable bonds is 8. The second kappa shape index (κ2) is 14.0. The molecule has 2 aromatic carbocycles. The van der Waals surface area contributed by atoms with Crippen LogP contribution >= 0.6 is 22.9 Å². The van der Waals surface area contributed by atoms with Gasteiger partial charge in [0.05, 0.1) is 23.9 Å². The molecule has 3 aromatic heterocycles. The quantitative estimate of drug-likeness (QED) is 0.167.